The van der Waals surface area contributed by atoms with Crippen LogP contribution in [0, 0.1) is 0 Å². The Morgan fingerprint density at radius 1 is 0.903 bits per heavy atom. The molecule has 0 spiro atoms. The Balaban J connectivity index is 1.73. The van der Waals surface area contributed by atoms with Gasteiger partial charge in [0.2, 0.25) is 0 Å². The van der Waals surface area contributed by atoms with E-state index in [2.05, 4.69) is 5.32 Å². The van der Waals surface area contributed by atoms with Crippen LogP contribution in [-0.4, -0.2) is 17.7 Å². The molecule has 0 aliphatic rings. The highest BCUT2D eigenvalue weighted by atomic mass is 35.5. The Morgan fingerprint density at radius 3 is 2.23 bits per heavy atom. The first-order chi connectivity index (χ1) is 14.9. The van der Waals surface area contributed by atoms with Crippen molar-refractivity contribution in [2.75, 3.05) is 11.9 Å². The lowest BCUT2D eigenvalue weighted by atomic mass is 10.1. The number of hydrogen-bond acceptors (Lipinski definition) is 4. The monoisotopic (exact) mass is 479 g/mol. The largest absolute Gasteiger partial charge is 0.490 e. The lowest BCUT2D eigenvalue weighted by molar-refractivity contribution is 0.0697. The van der Waals surface area contributed by atoms with Crippen molar-refractivity contribution in [1.82, 2.24) is 0 Å². The summed E-state index contributed by atoms with van der Waals surface area (Å²) in [7, 11) is 0. The minimum absolute atomic E-state index is 0.226. The van der Waals surface area contributed by atoms with Crippen molar-refractivity contribution >= 4 is 46.5 Å². The molecule has 0 unspecified atom stereocenters. The predicted molar refractivity (Wildman–Crippen MR) is 124 cm³/mol. The van der Waals surface area contributed by atoms with Gasteiger partial charge in [-0.3, -0.25) is 0 Å². The lowest BCUT2D eigenvalue weighted by Crippen LogP contribution is -2.04. The molecule has 0 fully saturated rings. The summed E-state index contributed by atoms with van der Waals surface area (Å²) in [6.45, 7) is 3.01. The maximum atomic E-state index is 11.0. The number of carboxylic acid groups (broad SMARTS) is 1. The molecule has 0 aliphatic heterocycles. The van der Waals surface area contributed by atoms with E-state index in [1.807, 2.05) is 13.0 Å². The molecule has 5 nitrogen and oxygen atoms in total. The predicted octanol–water partition coefficient (Wildman–Crippen LogP) is 6.93. The van der Waals surface area contributed by atoms with E-state index in [0.29, 0.717) is 39.7 Å². The van der Waals surface area contributed by atoms with E-state index >= 15 is 0 Å². The van der Waals surface area contributed by atoms with E-state index in [1.54, 1.807) is 36.4 Å². The van der Waals surface area contributed by atoms with Crippen molar-refractivity contribution in [2.45, 2.75) is 20.1 Å². The summed E-state index contributed by atoms with van der Waals surface area (Å²) >= 11 is 18.6. The molecule has 8 heteroatoms. The highest BCUT2D eigenvalue weighted by Gasteiger charge is 2.13. The number of halogens is 3. The molecule has 31 heavy (non-hydrogen) atoms. The third kappa shape index (κ3) is 6.20. The van der Waals surface area contributed by atoms with E-state index in [0.717, 1.165) is 16.8 Å². The van der Waals surface area contributed by atoms with E-state index in [9.17, 15) is 4.79 Å². The molecule has 3 aromatic rings. The van der Waals surface area contributed by atoms with Crippen molar-refractivity contribution in [3.63, 3.8) is 0 Å². The Labute approximate surface area is 195 Å². The van der Waals surface area contributed by atoms with Crippen LogP contribution in [0.2, 0.25) is 15.1 Å². The molecule has 0 atom stereocenters. The normalized spacial score (nSPS) is 10.6. The van der Waals surface area contributed by atoms with Crippen molar-refractivity contribution in [3.8, 4) is 11.5 Å². The zero-order valence-electron chi connectivity index (χ0n) is 16.6. The quantitative estimate of drug-likeness (QED) is 0.347. The third-order valence-electron chi connectivity index (χ3n) is 4.43. The zero-order valence-corrected chi connectivity index (χ0v) is 18.9. The second-order valence-corrected chi connectivity index (χ2v) is 7.83. The molecule has 0 saturated heterocycles. The number of nitrogens with one attached hydrogen (secondary N) is 1. The van der Waals surface area contributed by atoms with Crippen LogP contribution in [0.25, 0.3) is 0 Å². The van der Waals surface area contributed by atoms with Crippen LogP contribution in [0.3, 0.4) is 0 Å². The van der Waals surface area contributed by atoms with E-state index < -0.39 is 5.97 Å². The topological polar surface area (TPSA) is 67.8 Å². The van der Waals surface area contributed by atoms with E-state index in [4.69, 9.17) is 49.4 Å². The Kier molecular flexibility index (Phi) is 7.91. The average Bonchev–Trinajstić information content (AvgIpc) is 2.74. The van der Waals surface area contributed by atoms with Gasteiger partial charge in [0, 0.05) is 38.9 Å². The molecular formula is C23H20Cl3NO4. The summed E-state index contributed by atoms with van der Waals surface area (Å²) in [5.41, 5.74) is 2.60. The van der Waals surface area contributed by atoms with Crippen LogP contribution >= 0.6 is 34.8 Å². The number of ether oxygens (including phenoxy) is 2. The van der Waals surface area contributed by atoms with Crippen LogP contribution in [0.1, 0.15) is 28.4 Å². The number of rotatable bonds is 9. The van der Waals surface area contributed by atoms with E-state index in [1.165, 1.54) is 12.1 Å². The molecule has 0 amide bonds. The smallest absolute Gasteiger partial charge is 0.335 e. The number of carboxylic acids is 1. The van der Waals surface area contributed by atoms with Crippen molar-refractivity contribution in [3.05, 3.63) is 86.4 Å². The summed E-state index contributed by atoms with van der Waals surface area (Å²) in [6, 6.07) is 15.2. The number of carbonyl (C=O) groups is 1. The van der Waals surface area contributed by atoms with Gasteiger partial charge in [0.15, 0.2) is 11.5 Å². The molecule has 2 N–H and O–H groups in total. The van der Waals surface area contributed by atoms with Crippen LogP contribution in [-0.2, 0) is 13.2 Å². The fourth-order valence-corrected chi connectivity index (χ4v) is 3.50. The molecule has 0 aliphatic carbocycles. The maximum Gasteiger partial charge on any atom is 0.335 e. The summed E-state index contributed by atoms with van der Waals surface area (Å²) in [4.78, 5) is 11.0. The number of aromatic carboxylic acids is 1. The molecule has 3 rings (SSSR count). The molecule has 0 bridgehead atoms. The molecule has 162 valence electrons. The zero-order chi connectivity index (χ0) is 22.4. The second kappa shape index (κ2) is 10.6. The molecule has 0 saturated carbocycles. The van der Waals surface area contributed by atoms with Gasteiger partial charge in [-0.25, -0.2) is 4.79 Å². The van der Waals surface area contributed by atoms with Gasteiger partial charge in [0.25, 0.3) is 0 Å². The second-order valence-electron chi connectivity index (χ2n) is 6.58. The molecule has 0 radical (unpaired) electrons. The average molecular weight is 481 g/mol. The highest BCUT2D eigenvalue weighted by molar-refractivity contribution is 6.35. The van der Waals surface area contributed by atoms with Gasteiger partial charge in [-0.15, -0.1) is 0 Å². The summed E-state index contributed by atoms with van der Waals surface area (Å²) in [5.74, 6) is 0.105. The van der Waals surface area contributed by atoms with Crippen molar-refractivity contribution in [1.29, 1.82) is 0 Å². The highest BCUT2D eigenvalue weighted by Crippen LogP contribution is 2.35. The SMILES string of the molecule is CCOc1cc(CNc2ccc(C(=O)O)cc2)c(Cl)cc1OCc1ccc(Cl)cc1Cl. The molecule has 0 aromatic heterocycles. The molecular weight excluding hydrogens is 461 g/mol. The van der Waals surface area contributed by atoms with Gasteiger partial charge in [-0.05, 0) is 55.0 Å². The number of benzene rings is 3. The summed E-state index contributed by atoms with van der Waals surface area (Å²) < 4.78 is 11.7. The fraction of sp³-hybridized carbons (Fsp3) is 0.174. The van der Waals surface area contributed by atoms with Crippen molar-refractivity contribution in [2.24, 2.45) is 0 Å². The van der Waals surface area contributed by atoms with Gasteiger partial charge in [0.05, 0.1) is 12.2 Å². The standard InChI is InChI=1S/C23H20Cl3NO4/c1-2-30-21-9-16(12-27-18-7-4-14(5-8-18)23(28)29)20(26)11-22(21)31-13-15-3-6-17(24)10-19(15)25/h3-11,27H,2,12-13H2,1H3,(H,28,29). The first-order valence-corrected chi connectivity index (χ1v) is 10.6. The first-order valence-electron chi connectivity index (χ1n) is 9.46. The minimum atomic E-state index is -0.966. The van der Waals surface area contributed by atoms with Gasteiger partial charge in [0.1, 0.15) is 6.61 Å². The summed E-state index contributed by atoms with van der Waals surface area (Å²) in [6.07, 6.45) is 0. The van der Waals surface area contributed by atoms with Crippen LogP contribution in [0.5, 0.6) is 11.5 Å². The molecule has 3 aromatic carbocycles. The van der Waals surface area contributed by atoms with Crippen LogP contribution in [0.4, 0.5) is 5.69 Å². The van der Waals surface area contributed by atoms with E-state index in [-0.39, 0.29) is 12.2 Å². The lowest BCUT2D eigenvalue weighted by Gasteiger charge is -2.16. The number of anilines is 1. The maximum absolute atomic E-state index is 11.0. The first kappa shape index (κ1) is 23.1. The van der Waals surface area contributed by atoms with Gasteiger partial charge in [-0.2, -0.15) is 0 Å². The molecule has 0 heterocycles. The Morgan fingerprint density at radius 2 is 1.58 bits per heavy atom. The van der Waals surface area contributed by atoms with Gasteiger partial charge >= 0.3 is 5.97 Å². The van der Waals surface area contributed by atoms with Crippen LogP contribution < -0.4 is 14.8 Å². The Bertz CT molecular complexity index is 1070. The van der Waals surface area contributed by atoms with Gasteiger partial charge < -0.3 is 19.9 Å². The van der Waals surface area contributed by atoms with Crippen molar-refractivity contribution < 1.29 is 19.4 Å². The van der Waals surface area contributed by atoms with Gasteiger partial charge in [-0.1, -0.05) is 40.9 Å². The fourth-order valence-electron chi connectivity index (χ4n) is 2.82. The Hall–Kier alpha value is -2.60. The van der Waals surface area contributed by atoms with Crippen LogP contribution in [0.15, 0.2) is 54.6 Å². The third-order valence-corrected chi connectivity index (χ3v) is 5.36. The number of hydrogen-bond donors (Lipinski definition) is 2. The summed E-state index contributed by atoms with van der Waals surface area (Å²) in [5, 5.41) is 13.8. The minimum Gasteiger partial charge on any atom is -0.490 e.